The number of aryl methyl sites for hydroxylation is 1. The lowest BCUT2D eigenvalue weighted by atomic mass is 9.83. The van der Waals surface area contributed by atoms with E-state index >= 15 is 0 Å². The largest absolute Gasteiger partial charge is 0.456 e. The average Bonchev–Trinajstić information content (AvgIpc) is 3.67. The summed E-state index contributed by atoms with van der Waals surface area (Å²) in [4.78, 5) is 0. The van der Waals surface area contributed by atoms with Crippen LogP contribution in [0.2, 0.25) is 0 Å². The Hall–Kier alpha value is -5.87. The molecule has 0 spiro atoms. The van der Waals surface area contributed by atoms with Gasteiger partial charge in [-0.25, -0.2) is 0 Å². The van der Waals surface area contributed by atoms with Crippen molar-refractivity contribution < 1.29 is 4.42 Å². The zero-order valence-electron chi connectivity index (χ0n) is 25.6. The maximum Gasteiger partial charge on any atom is 0.136 e. The third-order valence-electron chi connectivity index (χ3n) is 9.55. The van der Waals surface area contributed by atoms with Crippen LogP contribution in [0, 0.1) is 13.8 Å². The molecular formula is C42H29N3O. The molecular weight excluding hydrogens is 562 g/mol. The first-order chi connectivity index (χ1) is 22.7. The number of nitrogens with zero attached hydrogens (tertiary/aromatic N) is 3. The lowest BCUT2D eigenvalue weighted by Gasteiger charge is -2.21. The maximum atomic E-state index is 6.46. The average molecular weight is 592 g/mol. The van der Waals surface area contributed by atoms with Crippen molar-refractivity contribution in [3.05, 3.63) is 150 Å². The van der Waals surface area contributed by atoms with Gasteiger partial charge in [0, 0.05) is 27.5 Å². The Morgan fingerprint density at radius 3 is 2.07 bits per heavy atom. The summed E-state index contributed by atoms with van der Waals surface area (Å²) < 4.78 is 6.46. The number of hydrogen-bond acceptors (Lipinski definition) is 4. The van der Waals surface area contributed by atoms with Crippen molar-refractivity contribution in [1.29, 1.82) is 0 Å². The Morgan fingerprint density at radius 1 is 0.543 bits per heavy atom. The van der Waals surface area contributed by atoms with Crippen LogP contribution in [0.25, 0.3) is 77.8 Å². The second kappa shape index (κ2) is 10.4. The molecule has 4 heteroatoms. The molecule has 0 fully saturated rings. The Kier molecular flexibility index (Phi) is 5.97. The topological polar surface area (TPSA) is 51.8 Å². The monoisotopic (exact) mass is 591 g/mol. The molecule has 0 aliphatic heterocycles. The Balaban J connectivity index is 1.47. The zero-order valence-corrected chi connectivity index (χ0v) is 25.6. The quantitative estimate of drug-likeness (QED) is 0.204. The number of furan rings is 1. The highest BCUT2D eigenvalue weighted by molar-refractivity contribution is 6.17. The standard InChI is InChI=1S/C42H29N3O/c1-25-23-33-30-18-10-9-17-29(30)24-34(33)37(26(25)2)40-41(28-15-7-4-8-16-28)43-45-44-42(40)39-31(27-13-5-3-6-14-27)21-22-36-38(39)32-19-11-12-20-35(32)46-36/h3-23H,24H2,1-2H3. The number of aromatic nitrogens is 3. The number of fused-ring (bicyclic) bond motifs is 6. The summed E-state index contributed by atoms with van der Waals surface area (Å²) in [5.41, 5.74) is 17.4. The van der Waals surface area contributed by atoms with Crippen LogP contribution in [0.5, 0.6) is 0 Å². The van der Waals surface area contributed by atoms with E-state index in [0.717, 1.165) is 67.6 Å². The van der Waals surface area contributed by atoms with E-state index in [1.54, 1.807) is 0 Å². The predicted octanol–water partition coefficient (Wildman–Crippen LogP) is 10.6. The third kappa shape index (κ3) is 3.97. The minimum atomic E-state index is 0.803. The minimum Gasteiger partial charge on any atom is -0.456 e. The van der Waals surface area contributed by atoms with Crippen LogP contribution in [-0.2, 0) is 6.42 Å². The van der Waals surface area contributed by atoms with Gasteiger partial charge in [0.1, 0.15) is 22.6 Å². The summed E-state index contributed by atoms with van der Waals surface area (Å²) in [7, 11) is 0. The number of benzene rings is 6. The highest BCUT2D eigenvalue weighted by Gasteiger charge is 2.30. The molecule has 6 aromatic carbocycles. The molecule has 0 N–H and O–H groups in total. The molecule has 2 heterocycles. The van der Waals surface area contributed by atoms with Crippen molar-refractivity contribution in [2.45, 2.75) is 20.3 Å². The van der Waals surface area contributed by atoms with E-state index in [2.05, 4.69) is 128 Å². The Bertz CT molecular complexity index is 2460. The lowest BCUT2D eigenvalue weighted by Crippen LogP contribution is -2.05. The predicted molar refractivity (Wildman–Crippen MR) is 187 cm³/mol. The summed E-state index contributed by atoms with van der Waals surface area (Å²) in [6, 6.07) is 44.5. The highest BCUT2D eigenvalue weighted by atomic mass is 16.3. The van der Waals surface area contributed by atoms with Crippen LogP contribution in [0.1, 0.15) is 22.3 Å². The molecule has 2 aromatic heterocycles. The lowest BCUT2D eigenvalue weighted by molar-refractivity contribution is 0.669. The first kappa shape index (κ1) is 26.5. The third-order valence-corrected chi connectivity index (χ3v) is 9.55. The van der Waals surface area contributed by atoms with Gasteiger partial charge in [-0.1, -0.05) is 109 Å². The van der Waals surface area contributed by atoms with Gasteiger partial charge in [-0.2, -0.15) is 0 Å². The molecule has 0 saturated heterocycles. The van der Waals surface area contributed by atoms with Crippen LogP contribution in [0.15, 0.2) is 132 Å². The number of rotatable bonds is 4. The molecule has 0 atom stereocenters. The second-order valence-corrected chi connectivity index (χ2v) is 12.1. The van der Waals surface area contributed by atoms with Crippen LogP contribution in [0.4, 0.5) is 0 Å². The van der Waals surface area contributed by atoms with Gasteiger partial charge in [-0.05, 0) is 93.8 Å². The fourth-order valence-electron chi connectivity index (χ4n) is 7.31. The van der Waals surface area contributed by atoms with Crippen molar-refractivity contribution in [2.75, 3.05) is 0 Å². The van der Waals surface area contributed by atoms with Crippen LogP contribution in [-0.4, -0.2) is 15.4 Å². The van der Waals surface area contributed by atoms with Gasteiger partial charge in [0.05, 0.1) is 0 Å². The van der Waals surface area contributed by atoms with E-state index in [1.165, 1.54) is 38.9 Å². The first-order valence-electron chi connectivity index (χ1n) is 15.7. The SMILES string of the molecule is Cc1cc2c(c(-c3c(-c4ccccc4)nnnc3-c3c(-c4ccccc4)ccc4oc5ccccc5c34)c1C)Cc1ccccc1-2. The zero-order chi connectivity index (χ0) is 30.8. The van der Waals surface area contributed by atoms with Crippen molar-refractivity contribution in [3.63, 3.8) is 0 Å². The van der Waals surface area contributed by atoms with Crippen molar-refractivity contribution >= 4 is 21.9 Å². The summed E-state index contributed by atoms with van der Waals surface area (Å²) in [6.45, 7) is 4.45. The molecule has 0 unspecified atom stereocenters. The maximum absolute atomic E-state index is 6.46. The normalized spacial score (nSPS) is 12.0. The molecule has 4 nitrogen and oxygen atoms in total. The van der Waals surface area contributed by atoms with E-state index in [9.17, 15) is 0 Å². The van der Waals surface area contributed by atoms with Crippen LogP contribution < -0.4 is 0 Å². The van der Waals surface area contributed by atoms with Gasteiger partial charge < -0.3 is 4.42 Å². The van der Waals surface area contributed by atoms with Crippen molar-refractivity contribution in [1.82, 2.24) is 15.4 Å². The molecule has 1 aliphatic rings. The van der Waals surface area contributed by atoms with E-state index in [1.807, 2.05) is 18.2 Å². The summed E-state index contributed by atoms with van der Waals surface area (Å²) >= 11 is 0. The summed E-state index contributed by atoms with van der Waals surface area (Å²) in [5.74, 6) is 0. The first-order valence-corrected chi connectivity index (χ1v) is 15.7. The van der Waals surface area contributed by atoms with Gasteiger partial charge in [-0.15, -0.1) is 10.2 Å². The summed E-state index contributed by atoms with van der Waals surface area (Å²) in [6.07, 6.45) is 0.850. The second-order valence-electron chi connectivity index (χ2n) is 12.1. The fourth-order valence-corrected chi connectivity index (χ4v) is 7.31. The van der Waals surface area contributed by atoms with Crippen molar-refractivity contribution in [3.8, 4) is 55.9 Å². The molecule has 46 heavy (non-hydrogen) atoms. The Morgan fingerprint density at radius 2 is 1.24 bits per heavy atom. The van der Waals surface area contributed by atoms with E-state index in [0.29, 0.717) is 0 Å². The van der Waals surface area contributed by atoms with Crippen LogP contribution >= 0.6 is 0 Å². The number of para-hydroxylation sites is 1. The molecule has 8 aromatic rings. The Labute approximate surface area is 267 Å². The molecule has 218 valence electrons. The fraction of sp³-hybridized carbons (Fsp3) is 0.0714. The van der Waals surface area contributed by atoms with Gasteiger partial charge >= 0.3 is 0 Å². The van der Waals surface area contributed by atoms with Gasteiger partial charge in [-0.3, -0.25) is 0 Å². The van der Waals surface area contributed by atoms with Crippen LogP contribution in [0.3, 0.4) is 0 Å². The van der Waals surface area contributed by atoms with E-state index in [-0.39, 0.29) is 0 Å². The smallest absolute Gasteiger partial charge is 0.136 e. The highest BCUT2D eigenvalue weighted by Crippen LogP contribution is 2.51. The van der Waals surface area contributed by atoms with Gasteiger partial charge in [0.15, 0.2) is 0 Å². The minimum absolute atomic E-state index is 0.803. The molecule has 0 amide bonds. The van der Waals surface area contributed by atoms with Gasteiger partial charge in [0.25, 0.3) is 0 Å². The molecule has 0 saturated carbocycles. The van der Waals surface area contributed by atoms with Crippen molar-refractivity contribution in [2.24, 2.45) is 0 Å². The molecule has 0 radical (unpaired) electrons. The van der Waals surface area contributed by atoms with E-state index < -0.39 is 0 Å². The van der Waals surface area contributed by atoms with Gasteiger partial charge in [0.2, 0.25) is 0 Å². The summed E-state index contributed by atoms with van der Waals surface area (Å²) in [5, 5.41) is 16.3. The van der Waals surface area contributed by atoms with E-state index in [4.69, 9.17) is 14.6 Å². The molecule has 9 rings (SSSR count). The molecule has 0 bridgehead atoms. The molecule has 1 aliphatic carbocycles. The number of hydrogen-bond donors (Lipinski definition) is 0.